The zero-order valence-electron chi connectivity index (χ0n) is 9.88. The van der Waals surface area contributed by atoms with Crippen LogP contribution in [0.3, 0.4) is 0 Å². The maximum Gasteiger partial charge on any atom is 0.257 e. The number of nitrogens with zero attached hydrogens (tertiary/aromatic N) is 1. The molecule has 2 rings (SSSR count). The molecule has 1 aromatic carbocycles. The van der Waals surface area contributed by atoms with Crippen LogP contribution in [0.5, 0.6) is 5.75 Å². The van der Waals surface area contributed by atoms with Crippen LogP contribution < -0.4 is 11.1 Å². The molecule has 4 N–H and O–H groups in total. The van der Waals surface area contributed by atoms with E-state index >= 15 is 0 Å². The van der Waals surface area contributed by atoms with Gasteiger partial charge in [-0.3, -0.25) is 10.1 Å². The number of hydrogen-bond donors (Lipinski definition) is 3. The minimum Gasteiger partial charge on any atom is -0.508 e. The molecule has 0 unspecified atom stereocenters. The van der Waals surface area contributed by atoms with Gasteiger partial charge in [0.1, 0.15) is 5.75 Å². The molecule has 0 aliphatic rings. The number of rotatable bonds is 2. The fraction of sp³-hybridized carbons (Fsp3) is 0.0769. The largest absolute Gasteiger partial charge is 0.508 e. The first-order valence-corrected chi connectivity index (χ1v) is 6.26. The van der Waals surface area contributed by atoms with Crippen LogP contribution in [0.15, 0.2) is 30.5 Å². The lowest BCUT2D eigenvalue weighted by molar-refractivity contribution is 0.102. The van der Waals surface area contributed by atoms with Crippen LogP contribution in [-0.2, 0) is 0 Å². The van der Waals surface area contributed by atoms with Gasteiger partial charge in [-0.15, -0.1) is 0 Å². The highest BCUT2D eigenvalue weighted by molar-refractivity contribution is 7.16. The van der Waals surface area contributed by atoms with E-state index in [1.165, 1.54) is 35.6 Å². The summed E-state index contributed by atoms with van der Waals surface area (Å²) >= 11 is 1.28. The zero-order chi connectivity index (χ0) is 13.7. The molecule has 2 aromatic rings. The highest BCUT2D eigenvalue weighted by atomic mass is 32.1. The maximum atomic E-state index is 11.9. The number of aromatic hydroxyl groups is 1. The van der Waals surface area contributed by atoms with Gasteiger partial charge >= 0.3 is 0 Å². The van der Waals surface area contributed by atoms with E-state index in [1.807, 2.05) is 0 Å². The summed E-state index contributed by atoms with van der Waals surface area (Å²) in [5, 5.41) is 12.3. The van der Waals surface area contributed by atoms with Gasteiger partial charge in [0.15, 0.2) is 5.13 Å². The summed E-state index contributed by atoms with van der Waals surface area (Å²) in [6.07, 6.45) is 1.58. The van der Waals surface area contributed by atoms with E-state index in [4.69, 9.17) is 10.8 Å². The van der Waals surface area contributed by atoms with Crippen molar-refractivity contribution in [3.05, 3.63) is 40.9 Å². The molecule has 0 atom stereocenters. The second-order valence-corrected chi connectivity index (χ2v) is 4.57. The van der Waals surface area contributed by atoms with Gasteiger partial charge in [0.25, 0.3) is 5.91 Å². The molecular weight excluding hydrogens is 262 g/mol. The van der Waals surface area contributed by atoms with Crippen molar-refractivity contribution >= 4 is 22.4 Å². The third-order valence-electron chi connectivity index (χ3n) is 2.17. The Labute approximate surface area is 114 Å². The number of amides is 1. The predicted octanol–water partition coefficient (Wildman–Crippen LogP) is 1.41. The van der Waals surface area contributed by atoms with Crippen molar-refractivity contribution in [2.45, 2.75) is 0 Å². The van der Waals surface area contributed by atoms with E-state index < -0.39 is 0 Å². The third kappa shape index (κ3) is 3.55. The summed E-state index contributed by atoms with van der Waals surface area (Å²) in [4.78, 5) is 16.7. The molecule has 6 heteroatoms. The maximum absolute atomic E-state index is 11.9. The van der Waals surface area contributed by atoms with Crippen LogP contribution >= 0.6 is 11.3 Å². The van der Waals surface area contributed by atoms with Crippen molar-refractivity contribution in [1.29, 1.82) is 0 Å². The lowest BCUT2D eigenvalue weighted by Crippen LogP contribution is -2.11. The Morgan fingerprint density at radius 3 is 2.84 bits per heavy atom. The summed E-state index contributed by atoms with van der Waals surface area (Å²) in [7, 11) is 0. The molecule has 96 valence electrons. The number of thiazole rings is 1. The normalized spacial score (nSPS) is 9.53. The van der Waals surface area contributed by atoms with Crippen molar-refractivity contribution < 1.29 is 9.90 Å². The number of carbonyl (C=O) groups excluding carboxylic acids is 1. The average Bonchev–Trinajstić information content (AvgIpc) is 2.84. The van der Waals surface area contributed by atoms with Crippen LogP contribution in [0.1, 0.15) is 15.2 Å². The highest BCUT2D eigenvalue weighted by Gasteiger charge is 2.08. The summed E-state index contributed by atoms with van der Waals surface area (Å²) in [5.41, 5.74) is 5.72. The molecule has 0 aliphatic heterocycles. The Hall–Kier alpha value is -2.36. The highest BCUT2D eigenvalue weighted by Crippen LogP contribution is 2.18. The molecule has 0 bridgehead atoms. The van der Waals surface area contributed by atoms with Crippen LogP contribution in [0, 0.1) is 11.8 Å². The summed E-state index contributed by atoms with van der Waals surface area (Å²) in [5.74, 6) is 5.39. The van der Waals surface area contributed by atoms with Gasteiger partial charge in [0, 0.05) is 5.56 Å². The lowest BCUT2D eigenvalue weighted by atomic mass is 10.2. The van der Waals surface area contributed by atoms with Gasteiger partial charge in [-0.25, -0.2) is 4.98 Å². The predicted molar refractivity (Wildman–Crippen MR) is 74.1 cm³/mol. The van der Waals surface area contributed by atoms with Gasteiger partial charge in [-0.2, -0.15) is 0 Å². The Kier molecular flexibility index (Phi) is 4.13. The molecule has 0 radical (unpaired) electrons. The number of nitrogens with one attached hydrogen (secondary N) is 1. The summed E-state index contributed by atoms with van der Waals surface area (Å²) < 4.78 is 0. The summed E-state index contributed by atoms with van der Waals surface area (Å²) in [6.45, 7) is 0.285. The fourth-order valence-corrected chi connectivity index (χ4v) is 2.00. The number of anilines is 1. The molecule has 0 aliphatic carbocycles. The first-order chi connectivity index (χ1) is 9.19. The van der Waals surface area contributed by atoms with Crippen molar-refractivity contribution in [1.82, 2.24) is 4.98 Å². The quantitative estimate of drug-likeness (QED) is 0.722. The minimum absolute atomic E-state index is 0.116. The van der Waals surface area contributed by atoms with Gasteiger partial charge < -0.3 is 10.8 Å². The lowest BCUT2D eigenvalue weighted by Gasteiger charge is -2.01. The standard InChI is InChI=1S/C13H11N3O2S/c14-7-1-2-11-8-15-13(19-11)16-12(18)9-3-5-10(17)6-4-9/h3-6,8,17H,7,14H2,(H,15,16,18). The molecule has 1 aromatic heterocycles. The van der Waals surface area contributed by atoms with Gasteiger partial charge in [-0.1, -0.05) is 23.2 Å². The number of phenols is 1. The van der Waals surface area contributed by atoms with Crippen molar-refractivity contribution in [2.75, 3.05) is 11.9 Å². The second-order valence-electron chi connectivity index (χ2n) is 3.54. The van der Waals surface area contributed by atoms with Crippen LogP contribution in [0.25, 0.3) is 0 Å². The molecule has 1 heterocycles. The number of hydrogen-bond acceptors (Lipinski definition) is 5. The van der Waals surface area contributed by atoms with Crippen molar-refractivity contribution in [3.63, 3.8) is 0 Å². The second kappa shape index (κ2) is 6.00. The smallest absolute Gasteiger partial charge is 0.257 e. The first-order valence-electron chi connectivity index (χ1n) is 5.44. The zero-order valence-corrected chi connectivity index (χ0v) is 10.7. The van der Waals surface area contributed by atoms with Crippen LogP contribution in [0.4, 0.5) is 5.13 Å². The Bertz CT molecular complexity index is 638. The van der Waals surface area contributed by atoms with Crippen LogP contribution in [0.2, 0.25) is 0 Å². The Morgan fingerprint density at radius 1 is 1.42 bits per heavy atom. The Morgan fingerprint density at radius 2 is 2.16 bits per heavy atom. The van der Waals surface area contributed by atoms with Crippen molar-refractivity contribution in [3.8, 4) is 17.6 Å². The van der Waals surface area contributed by atoms with Crippen molar-refractivity contribution in [2.24, 2.45) is 5.73 Å². The van der Waals surface area contributed by atoms with E-state index in [0.29, 0.717) is 10.7 Å². The third-order valence-corrected chi connectivity index (χ3v) is 3.00. The SMILES string of the molecule is NCC#Cc1cnc(NC(=O)c2ccc(O)cc2)s1. The molecule has 0 fully saturated rings. The molecule has 0 saturated carbocycles. The monoisotopic (exact) mass is 273 g/mol. The fourth-order valence-electron chi connectivity index (χ4n) is 1.31. The van der Waals surface area contributed by atoms with E-state index in [1.54, 1.807) is 6.20 Å². The first kappa shape index (κ1) is 13.1. The number of benzene rings is 1. The van der Waals surface area contributed by atoms with Crippen LogP contribution in [-0.4, -0.2) is 22.5 Å². The van der Waals surface area contributed by atoms with Gasteiger partial charge in [0.2, 0.25) is 0 Å². The molecule has 0 saturated heterocycles. The van der Waals surface area contributed by atoms with E-state index in [2.05, 4.69) is 22.1 Å². The molecule has 0 spiro atoms. The van der Waals surface area contributed by atoms with Gasteiger partial charge in [-0.05, 0) is 24.3 Å². The number of aromatic nitrogens is 1. The number of nitrogens with two attached hydrogens (primary N) is 1. The van der Waals surface area contributed by atoms with Gasteiger partial charge in [0.05, 0.1) is 17.6 Å². The average molecular weight is 273 g/mol. The van der Waals surface area contributed by atoms with E-state index in [0.717, 1.165) is 4.88 Å². The Balaban J connectivity index is 2.06. The summed E-state index contributed by atoms with van der Waals surface area (Å²) in [6, 6.07) is 5.98. The molecular formula is C13H11N3O2S. The molecule has 1 amide bonds. The molecule has 5 nitrogen and oxygen atoms in total. The number of carbonyl (C=O) groups is 1. The molecule has 19 heavy (non-hydrogen) atoms. The van der Waals surface area contributed by atoms with E-state index in [9.17, 15) is 4.79 Å². The number of phenolic OH excluding ortho intramolecular Hbond substituents is 1. The topological polar surface area (TPSA) is 88.2 Å². The van der Waals surface area contributed by atoms with E-state index in [-0.39, 0.29) is 18.2 Å². The minimum atomic E-state index is -0.285.